The van der Waals surface area contributed by atoms with Crippen molar-refractivity contribution in [2.45, 2.75) is 32.3 Å². The van der Waals surface area contributed by atoms with Gasteiger partial charge in [0.25, 0.3) is 0 Å². The van der Waals surface area contributed by atoms with E-state index in [2.05, 4.69) is 27.1 Å². The van der Waals surface area contributed by atoms with E-state index < -0.39 is 0 Å². The van der Waals surface area contributed by atoms with E-state index in [4.69, 9.17) is 0 Å². The van der Waals surface area contributed by atoms with Crippen molar-refractivity contribution >= 4 is 23.4 Å². The molecule has 96 valence electrons. The smallest absolute Gasteiger partial charge is 0.191 e. The van der Waals surface area contributed by atoms with Gasteiger partial charge in [-0.1, -0.05) is 25.6 Å². The lowest BCUT2D eigenvalue weighted by Crippen LogP contribution is -2.38. The molecule has 0 radical (unpaired) electrons. The second-order valence-corrected chi connectivity index (χ2v) is 4.37. The molecular weight excluding hydrogens is 232 g/mol. The van der Waals surface area contributed by atoms with Crippen LogP contribution in [0.4, 0.5) is 11.6 Å². The highest BCUT2D eigenvalue weighted by Crippen LogP contribution is 2.28. The summed E-state index contributed by atoms with van der Waals surface area (Å²) in [4.78, 5) is 11.3. The van der Waals surface area contributed by atoms with Gasteiger partial charge in [-0.3, -0.25) is 0 Å². The van der Waals surface area contributed by atoms with Crippen LogP contribution in [0.2, 0.25) is 0 Å². The molecule has 0 spiro atoms. The zero-order chi connectivity index (χ0) is 12.8. The van der Waals surface area contributed by atoms with Crippen molar-refractivity contribution in [1.29, 1.82) is 0 Å². The van der Waals surface area contributed by atoms with Crippen LogP contribution in [0.15, 0.2) is 5.16 Å². The van der Waals surface area contributed by atoms with Crippen LogP contribution >= 0.6 is 11.8 Å². The summed E-state index contributed by atoms with van der Waals surface area (Å²) in [6.45, 7) is 8.31. The maximum atomic E-state index is 4.56. The van der Waals surface area contributed by atoms with Crippen LogP contribution < -0.4 is 10.2 Å². The predicted molar refractivity (Wildman–Crippen MR) is 76.3 cm³/mol. The second-order valence-electron chi connectivity index (χ2n) is 3.60. The molecule has 1 aliphatic heterocycles. The number of nitrogens with zero attached hydrogens (tertiary/aromatic N) is 3. The van der Waals surface area contributed by atoms with Gasteiger partial charge in [-0.25, -0.2) is 9.97 Å². The number of rotatable bonds is 3. The minimum Gasteiger partial charge on any atom is -0.373 e. The fourth-order valence-electron chi connectivity index (χ4n) is 1.66. The summed E-state index contributed by atoms with van der Waals surface area (Å²) in [7, 11) is 1.90. The number of anilines is 2. The lowest BCUT2D eigenvalue weighted by Gasteiger charge is -2.33. The topological polar surface area (TPSA) is 41.1 Å². The first-order chi connectivity index (χ1) is 8.26. The molecular formula is C12H22N4S. The molecule has 5 heteroatoms. The van der Waals surface area contributed by atoms with E-state index in [-0.39, 0.29) is 0 Å². The normalized spacial score (nSPS) is 13.6. The van der Waals surface area contributed by atoms with Crippen LogP contribution in [-0.4, -0.2) is 36.4 Å². The molecule has 1 aromatic heterocycles. The summed E-state index contributed by atoms with van der Waals surface area (Å²) >= 11 is 1.58. The fraction of sp³-hybridized carbons (Fsp3) is 0.667. The molecule has 0 saturated carbocycles. The molecule has 1 saturated heterocycles. The van der Waals surface area contributed by atoms with Gasteiger partial charge in [-0.2, -0.15) is 0 Å². The van der Waals surface area contributed by atoms with Gasteiger partial charge in [0.2, 0.25) is 0 Å². The SMILES string of the molecule is CC.CNc1nc(SC)nc(N2CCC2)c1C. The van der Waals surface area contributed by atoms with E-state index in [0.29, 0.717) is 0 Å². The van der Waals surface area contributed by atoms with Crippen molar-refractivity contribution < 1.29 is 0 Å². The number of nitrogens with one attached hydrogen (secondary N) is 1. The monoisotopic (exact) mass is 254 g/mol. The highest BCUT2D eigenvalue weighted by molar-refractivity contribution is 7.98. The Balaban J connectivity index is 0.000000686. The zero-order valence-corrected chi connectivity index (χ0v) is 12.2. The van der Waals surface area contributed by atoms with Gasteiger partial charge in [0.05, 0.1) is 0 Å². The summed E-state index contributed by atoms with van der Waals surface area (Å²) in [5.41, 5.74) is 1.15. The maximum Gasteiger partial charge on any atom is 0.191 e. The molecule has 1 N–H and O–H groups in total. The van der Waals surface area contributed by atoms with E-state index >= 15 is 0 Å². The van der Waals surface area contributed by atoms with Gasteiger partial charge in [-0.15, -0.1) is 0 Å². The Hall–Kier alpha value is -0.970. The average molecular weight is 254 g/mol. The first-order valence-electron chi connectivity index (χ1n) is 6.11. The quantitative estimate of drug-likeness (QED) is 0.663. The maximum absolute atomic E-state index is 4.56. The summed E-state index contributed by atoms with van der Waals surface area (Å²) < 4.78 is 0. The number of hydrogen-bond acceptors (Lipinski definition) is 5. The third-order valence-electron chi connectivity index (χ3n) is 2.67. The Morgan fingerprint density at radius 3 is 2.29 bits per heavy atom. The van der Waals surface area contributed by atoms with Crippen molar-refractivity contribution in [3.05, 3.63) is 5.56 Å². The van der Waals surface area contributed by atoms with Crippen molar-refractivity contribution in [3.63, 3.8) is 0 Å². The molecule has 1 aromatic rings. The lowest BCUT2D eigenvalue weighted by molar-refractivity contribution is 0.603. The number of aromatic nitrogens is 2. The van der Waals surface area contributed by atoms with Crippen LogP contribution in [0.25, 0.3) is 0 Å². The Bertz CT molecular complexity index is 364. The zero-order valence-electron chi connectivity index (χ0n) is 11.4. The summed E-state index contributed by atoms with van der Waals surface area (Å²) in [5.74, 6) is 2.03. The van der Waals surface area contributed by atoms with Crippen molar-refractivity contribution in [3.8, 4) is 0 Å². The van der Waals surface area contributed by atoms with E-state index in [9.17, 15) is 0 Å². The van der Waals surface area contributed by atoms with Crippen LogP contribution in [0.5, 0.6) is 0 Å². The Morgan fingerprint density at radius 1 is 1.24 bits per heavy atom. The molecule has 0 bridgehead atoms. The highest BCUT2D eigenvalue weighted by atomic mass is 32.2. The molecule has 1 aliphatic rings. The second kappa shape index (κ2) is 6.69. The average Bonchev–Trinajstić information content (AvgIpc) is 2.32. The molecule has 0 unspecified atom stereocenters. The van der Waals surface area contributed by atoms with Gasteiger partial charge < -0.3 is 10.2 Å². The first kappa shape index (κ1) is 14.1. The van der Waals surface area contributed by atoms with Crippen molar-refractivity contribution in [2.24, 2.45) is 0 Å². The predicted octanol–water partition coefficient (Wildman–Crippen LogP) is 2.78. The molecule has 0 amide bonds. The number of hydrogen-bond donors (Lipinski definition) is 1. The largest absolute Gasteiger partial charge is 0.373 e. The molecule has 2 heterocycles. The van der Waals surface area contributed by atoms with Crippen LogP contribution in [0.3, 0.4) is 0 Å². The van der Waals surface area contributed by atoms with E-state index in [0.717, 1.165) is 35.4 Å². The van der Waals surface area contributed by atoms with Crippen molar-refractivity contribution in [1.82, 2.24) is 9.97 Å². The first-order valence-corrected chi connectivity index (χ1v) is 7.34. The summed E-state index contributed by atoms with van der Waals surface area (Å²) in [6.07, 6.45) is 3.27. The van der Waals surface area contributed by atoms with Gasteiger partial charge >= 0.3 is 0 Å². The van der Waals surface area contributed by atoms with Gasteiger partial charge in [0.1, 0.15) is 11.6 Å². The minimum absolute atomic E-state index is 0.840. The van der Waals surface area contributed by atoms with Gasteiger partial charge in [0.15, 0.2) is 5.16 Å². The van der Waals surface area contributed by atoms with Crippen molar-refractivity contribution in [2.75, 3.05) is 36.6 Å². The van der Waals surface area contributed by atoms with E-state index in [1.807, 2.05) is 27.2 Å². The fourth-order valence-corrected chi connectivity index (χ4v) is 2.02. The van der Waals surface area contributed by atoms with Crippen LogP contribution in [0, 0.1) is 6.92 Å². The molecule has 1 fully saturated rings. The Morgan fingerprint density at radius 2 is 1.88 bits per heavy atom. The Labute approximate surface area is 108 Å². The highest BCUT2D eigenvalue weighted by Gasteiger charge is 2.20. The third-order valence-corrected chi connectivity index (χ3v) is 3.22. The number of thioether (sulfide) groups is 1. The van der Waals surface area contributed by atoms with Gasteiger partial charge in [-0.05, 0) is 19.6 Å². The van der Waals surface area contributed by atoms with Crippen LogP contribution in [-0.2, 0) is 0 Å². The minimum atomic E-state index is 0.840. The molecule has 2 rings (SSSR count). The summed E-state index contributed by atoms with van der Waals surface area (Å²) in [6, 6.07) is 0. The summed E-state index contributed by atoms with van der Waals surface area (Å²) in [5, 5.41) is 3.96. The van der Waals surface area contributed by atoms with E-state index in [1.54, 1.807) is 11.8 Å². The molecule has 17 heavy (non-hydrogen) atoms. The third kappa shape index (κ3) is 3.03. The van der Waals surface area contributed by atoms with Crippen LogP contribution in [0.1, 0.15) is 25.8 Å². The molecule has 0 aliphatic carbocycles. The molecule has 4 nitrogen and oxygen atoms in total. The molecule has 0 aromatic carbocycles. The van der Waals surface area contributed by atoms with Gasteiger partial charge in [0, 0.05) is 25.7 Å². The molecule has 0 atom stereocenters. The standard InChI is InChI=1S/C10H16N4S.C2H6/c1-7-8(11-2)12-10(15-3)13-9(7)14-5-4-6-14;1-2/h4-6H2,1-3H3,(H,11,12,13);1-2H3. The van der Waals surface area contributed by atoms with E-state index in [1.165, 1.54) is 6.42 Å². The Kier molecular flexibility index (Phi) is 5.55. The lowest BCUT2D eigenvalue weighted by atomic mass is 10.2.